The van der Waals surface area contributed by atoms with Crippen LogP contribution in [0.4, 0.5) is 0 Å². The van der Waals surface area contributed by atoms with E-state index >= 15 is 0 Å². The molecule has 112 valence electrons. The first kappa shape index (κ1) is 24.5. The van der Waals surface area contributed by atoms with Crippen LogP contribution in [-0.2, 0) is 19.5 Å². The molecule has 0 rings (SSSR count). The van der Waals surface area contributed by atoms with E-state index in [9.17, 15) is 0 Å². The van der Waals surface area contributed by atoms with Gasteiger partial charge in [0, 0.05) is 0 Å². The van der Waals surface area contributed by atoms with Gasteiger partial charge < -0.3 is 22.9 Å². The molecule has 4 N–H and O–H groups in total. The molecule has 0 aromatic heterocycles. The molecule has 0 aliphatic rings. The van der Waals surface area contributed by atoms with E-state index in [1.807, 2.05) is 27.7 Å². The fourth-order valence-electron chi connectivity index (χ4n) is 1.35. The van der Waals surface area contributed by atoms with Crippen molar-refractivity contribution in [1.82, 2.24) is 0 Å². The maximum Gasteiger partial charge on any atom is 2.00 e. The summed E-state index contributed by atoms with van der Waals surface area (Å²) in [5.74, 6) is 0. The summed E-state index contributed by atoms with van der Waals surface area (Å²) in [6.07, 6.45) is 5.02. The average Bonchev–Trinajstić information content (AvgIpc) is 2.38. The van der Waals surface area contributed by atoms with Crippen molar-refractivity contribution < 1.29 is 19.5 Å². The second kappa shape index (κ2) is 16.5. The summed E-state index contributed by atoms with van der Waals surface area (Å²) < 4.78 is 0. The van der Waals surface area contributed by atoms with Crippen molar-refractivity contribution in [3.63, 3.8) is 0 Å². The van der Waals surface area contributed by atoms with Crippen LogP contribution in [-0.4, -0.2) is 24.2 Å². The van der Waals surface area contributed by atoms with Crippen LogP contribution in [0.2, 0.25) is 0 Å². The summed E-state index contributed by atoms with van der Waals surface area (Å²) in [6.45, 7) is 8.00. The molecule has 0 bridgehead atoms. The van der Waals surface area contributed by atoms with E-state index in [1.165, 1.54) is 0 Å². The van der Waals surface area contributed by atoms with E-state index in [1.54, 1.807) is 0 Å². The molecule has 0 saturated heterocycles. The predicted octanol–water partition coefficient (Wildman–Crippen LogP) is 6.07. The third-order valence-corrected chi connectivity index (χ3v) is 3.11. The van der Waals surface area contributed by atoms with Gasteiger partial charge >= 0.3 is 19.5 Å². The standard InChI is InChI=1S/2C7H16N2.Zn/c2*1-3-6(8)5-7(9)4-2;/h2*6-9H,3-5H2,1-2H3;/q2*-2;+2. The molecule has 4 nitrogen and oxygen atoms in total. The molecule has 0 amide bonds. The van der Waals surface area contributed by atoms with Crippen LogP contribution in [0.15, 0.2) is 0 Å². The van der Waals surface area contributed by atoms with Gasteiger partial charge in [0.2, 0.25) is 0 Å². The molecule has 0 aromatic carbocycles. The fourth-order valence-corrected chi connectivity index (χ4v) is 1.35. The predicted molar refractivity (Wildman–Crippen MR) is 82.8 cm³/mol. The molecular formula is C14H32N4Zn-2. The zero-order chi connectivity index (χ0) is 14.6. The molecule has 0 heterocycles. The molecule has 0 saturated carbocycles. The molecule has 0 spiro atoms. The van der Waals surface area contributed by atoms with Gasteiger partial charge in [0.05, 0.1) is 0 Å². The van der Waals surface area contributed by atoms with Crippen molar-refractivity contribution in [2.75, 3.05) is 0 Å². The average molecular weight is 322 g/mol. The van der Waals surface area contributed by atoms with Crippen molar-refractivity contribution >= 4 is 0 Å². The van der Waals surface area contributed by atoms with Crippen molar-refractivity contribution in [3.8, 4) is 0 Å². The van der Waals surface area contributed by atoms with Gasteiger partial charge in [-0.1, -0.05) is 66.2 Å². The molecular weight excluding hydrogens is 290 g/mol. The van der Waals surface area contributed by atoms with Crippen LogP contribution in [0.1, 0.15) is 66.2 Å². The summed E-state index contributed by atoms with van der Waals surface area (Å²) >= 11 is 0. The van der Waals surface area contributed by atoms with Crippen molar-refractivity contribution in [3.05, 3.63) is 22.9 Å². The third-order valence-electron chi connectivity index (χ3n) is 3.11. The van der Waals surface area contributed by atoms with Crippen LogP contribution in [0.25, 0.3) is 22.9 Å². The van der Waals surface area contributed by atoms with Gasteiger partial charge in [0.15, 0.2) is 0 Å². The minimum absolute atomic E-state index is 0. The Kier molecular flexibility index (Phi) is 21.3. The second-order valence-corrected chi connectivity index (χ2v) is 4.89. The van der Waals surface area contributed by atoms with Crippen LogP contribution in [0.5, 0.6) is 0 Å². The van der Waals surface area contributed by atoms with Gasteiger partial charge in [-0.15, -0.1) is 24.2 Å². The zero-order valence-electron chi connectivity index (χ0n) is 13.3. The van der Waals surface area contributed by atoms with Gasteiger partial charge in [-0.2, -0.15) is 0 Å². The first-order chi connectivity index (χ1) is 8.40. The maximum absolute atomic E-state index is 7.33. The number of nitrogens with one attached hydrogen (secondary N) is 4. The molecule has 4 atom stereocenters. The Hall–Kier alpha value is 0.463. The topological polar surface area (TPSA) is 95.2 Å². The first-order valence-corrected chi connectivity index (χ1v) is 7.25. The van der Waals surface area contributed by atoms with Crippen LogP contribution >= 0.6 is 0 Å². The number of hydrogen-bond donors (Lipinski definition) is 0. The SMILES string of the molecule is CCC([NH-])CC([NH-])CC.CCC([NH-])CC([NH-])CC.[Zn+2]. The Morgan fingerprint density at radius 3 is 0.789 bits per heavy atom. The Labute approximate surface area is 133 Å². The molecule has 0 aliphatic heterocycles. The van der Waals surface area contributed by atoms with Crippen molar-refractivity contribution in [2.24, 2.45) is 0 Å². The van der Waals surface area contributed by atoms with E-state index in [0.717, 1.165) is 38.5 Å². The third kappa shape index (κ3) is 18.5. The van der Waals surface area contributed by atoms with E-state index in [-0.39, 0.29) is 43.6 Å². The molecule has 0 radical (unpaired) electrons. The minimum Gasteiger partial charge on any atom is -0.675 e. The van der Waals surface area contributed by atoms with Gasteiger partial charge in [-0.3, -0.25) is 0 Å². The van der Waals surface area contributed by atoms with Crippen molar-refractivity contribution in [2.45, 2.75) is 90.4 Å². The molecule has 4 unspecified atom stereocenters. The Balaban J connectivity index is -0.000000256. The Morgan fingerprint density at radius 2 is 0.684 bits per heavy atom. The van der Waals surface area contributed by atoms with E-state index in [4.69, 9.17) is 22.9 Å². The molecule has 5 heteroatoms. The maximum atomic E-state index is 7.33. The summed E-state index contributed by atoms with van der Waals surface area (Å²) in [5.41, 5.74) is 29.3. The monoisotopic (exact) mass is 320 g/mol. The second-order valence-electron chi connectivity index (χ2n) is 4.89. The Bertz CT molecular complexity index is 136. The summed E-state index contributed by atoms with van der Waals surface area (Å²) in [7, 11) is 0. The van der Waals surface area contributed by atoms with Gasteiger partial charge in [0.25, 0.3) is 0 Å². The number of hydrogen-bond acceptors (Lipinski definition) is 0. The minimum atomic E-state index is -0.00699. The van der Waals surface area contributed by atoms with Crippen LogP contribution in [0, 0.1) is 0 Å². The van der Waals surface area contributed by atoms with Crippen LogP contribution < -0.4 is 0 Å². The van der Waals surface area contributed by atoms with E-state index < -0.39 is 0 Å². The molecule has 0 aromatic rings. The molecule has 0 fully saturated rings. The summed E-state index contributed by atoms with van der Waals surface area (Å²) in [6, 6.07) is -0.0280. The summed E-state index contributed by atoms with van der Waals surface area (Å²) in [5, 5.41) is 0. The smallest absolute Gasteiger partial charge is 0.675 e. The largest absolute Gasteiger partial charge is 2.00 e. The summed E-state index contributed by atoms with van der Waals surface area (Å²) in [4.78, 5) is 0. The van der Waals surface area contributed by atoms with Crippen molar-refractivity contribution in [1.29, 1.82) is 0 Å². The number of rotatable bonds is 8. The van der Waals surface area contributed by atoms with Crippen LogP contribution in [0.3, 0.4) is 0 Å². The molecule has 19 heavy (non-hydrogen) atoms. The van der Waals surface area contributed by atoms with E-state index in [0.29, 0.717) is 0 Å². The van der Waals surface area contributed by atoms with Gasteiger partial charge in [-0.25, -0.2) is 0 Å². The zero-order valence-corrected chi connectivity index (χ0v) is 16.2. The van der Waals surface area contributed by atoms with Gasteiger partial charge in [0.1, 0.15) is 0 Å². The first-order valence-electron chi connectivity index (χ1n) is 7.25. The fraction of sp³-hybridized carbons (Fsp3) is 1.00. The molecule has 0 aliphatic carbocycles. The van der Waals surface area contributed by atoms with E-state index in [2.05, 4.69) is 0 Å². The Morgan fingerprint density at radius 1 is 0.526 bits per heavy atom. The van der Waals surface area contributed by atoms with Gasteiger partial charge in [-0.05, 0) is 0 Å². The normalized spacial score (nSPS) is 16.4. The quantitative estimate of drug-likeness (QED) is 0.485.